The second-order valence-electron chi connectivity index (χ2n) is 8.72. The Balaban J connectivity index is 1.40. The topological polar surface area (TPSA) is 52.9 Å². The monoisotopic (exact) mass is 375 g/mol. The zero-order valence-corrected chi connectivity index (χ0v) is 15.8. The van der Waals surface area contributed by atoms with E-state index in [0.29, 0.717) is 17.7 Å². The maximum absolute atomic E-state index is 10.7. The first-order valence-electron chi connectivity index (χ1n) is 10.3. The number of likely N-dealkylation sites (tertiary alicyclic amines) is 1. The number of phenols is 1. The smallest absolute Gasteiger partial charge is 0.165 e. The fourth-order valence-electron chi connectivity index (χ4n) is 6.33. The summed E-state index contributed by atoms with van der Waals surface area (Å²) in [6.07, 6.45) is 6.21. The molecular weight excluding hydrogens is 350 g/mol. The van der Waals surface area contributed by atoms with E-state index in [1.165, 1.54) is 16.7 Å². The molecule has 0 aromatic heterocycles. The highest BCUT2D eigenvalue weighted by Gasteiger charge is 2.64. The predicted molar refractivity (Wildman–Crippen MR) is 107 cm³/mol. The van der Waals surface area contributed by atoms with Crippen molar-refractivity contribution >= 4 is 0 Å². The summed E-state index contributed by atoms with van der Waals surface area (Å²) in [5.41, 5.74) is 3.63. The van der Waals surface area contributed by atoms with Crippen molar-refractivity contribution in [3.05, 3.63) is 71.3 Å². The van der Waals surface area contributed by atoms with Gasteiger partial charge in [0.25, 0.3) is 0 Å². The van der Waals surface area contributed by atoms with E-state index in [1.54, 1.807) is 6.07 Å². The third kappa shape index (κ3) is 2.08. The lowest BCUT2D eigenvalue weighted by Gasteiger charge is -2.57. The minimum Gasteiger partial charge on any atom is -0.504 e. The van der Waals surface area contributed by atoms with E-state index in [-0.39, 0.29) is 17.3 Å². The third-order valence-electron chi connectivity index (χ3n) is 7.52. The van der Waals surface area contributed by atoms with Gasteiger partial charge in [-0.1, -0.05) is 48.6 Å². The van der Waals surface area contributed by atoms with Crippen molar-refractivity contribution in [3.63, 3.8) is 0 Å². The number of ether oxygens (including phenoxy) is 1. The van der Waals surface area contributed by atoms with E-state index in [1.807, 2.05) is 6.08 Å². The number of piperidine rings is 1. The number of benzene rings is 2. The molecule has 28 heavy (non-hydrogen) atoms. The van der Waals surface area contributed by atoms with E-state index in [4.69, 9.17) is 4.74 Å². The summed E-state index contributed by atoms with van der Waals surface area (Å²) in [6, 6.07) is 14.9. The second kappa shape index (κ2) is 5.85. The maximum atomic E-state index is 10.7. The van der Waals surface area contributed by atoms with Crippen molar-refractivity contribution in [1.29, 1.82) is 0 Å². The summed E-state index contributed by atoms with van der Waals surface area (Å²) < 4.78 is 6.22. The average molecular weight is 375 g/mol. The van der Waals surface area contributed by atoms with Gasteiger partial charge >= 0.3 is 0 Å². The minimum atomic E-state index is -0.620. The molecule has 4 nitrogen and oxygen atoms in total. The Bertz CT molecular complexity index is 956. The lowest BCUT2D eigenvalue weighted by molar-refractivity contribution is -0.0513. The summed E-state index contributed by atoms with van der Waals surface area (Å²) in [4.78, 5) is 2.63. The molecule has 4 heteroatoms. The maximum Gasteiger partial charge on any atom is 0.165 e. The molecule has 1 fully saturated rings. The van der Waals surface area contributed by atoms with Gasteiger partial charge in [-0.2, -0.15) is 0 Å². The normalized spacial score (nSPS) is 34.8. The van der Waals surface area contributed by atoms with E-state index in [0.717, 1.165) is 32.4 Å². The molecule has 1 saturated heterocycles. The summed E-state index contributed by atoms with van der Waals surface area (Å²) >= 11 is 0. The van der Waals surface area contributed by atoms with Crippen LogP contribution in [-0.4, -0.2) is 46.5 Å². The fourth-order valence-corrected chi connectivity index (χ4v) is 6.33. The molecule has 2 aromatic carbocycles. The molecule has 4 aliphatic rings. The Hall–Kier alpha value is -2.30. The fraction of sp³-hybridized carbons (Fsp3) is 0.417. The van der Waals surface area contributed by atoms with Gasteiger partial charge in [0, 0.05) is 29.5 Å². The first kappa shape index (κ1) is 16.6. The molecule has 2 aromatic rings. The number of hydrogen-bond acceptors (Lipinski definition) is 4. The summed E-state index contributed by atoms with van der Waals surface area (Å²) in [5.74, 6) is 1.14. The molecule has 1 spiro atoms. The van der Waals surface area contributed by atoms with Gasteiger partial charge in [0.05, 0.1) is 0 Å². The van der Waals surface area contributed by atoms with Crippen LogP contribution in [0.4, 0.5) is 0 Å². The van der Waals surface area contributed by atoms with Crippen LogP contribution in [0.3, 0.4) is 0 Å². The highest BCUT2D eigenvalue weighted by atomic mass is 16.5. The molecule has 5 atom stereocenters. The number of aromatic hydroxyl groups is 1. The van der Waals surface area contributed by atoms with Crippen LogP contribution in [-0.2, 0) is 18.3 Å². The van der Waals surface area contributed by atoms with Crippen LogP contribution in [0.5, 0.6) is 11.5 Å². The van der Waals surface area contributed by atoms with Gasteiger partial charge in [0.2, 0.25) is 0 Å². The van der Waals surface area contributed by atoms with E-state index >= 15 is 0 Å². The molecule has 6 rings (SSSR count). The van der Waals surface area contributed by atoms with E-state index in [9.17, 15) is 10.2 Å². The van der Waals surface area contributed by atoms with Crippen LogP contribution in [0.1, 0.15) is 23.1 Å². The molecular formula is C24H25NO3. The number of aliphatic hydroxyl groups excluding tert-OH is 1. The highest BCUT2D eigenvalue weighted by molar-refractivity contribution is 5.61. The van der Waals surface area contributed by atoms with Crippen molar-refractivity contribution < 1.29 is 14.9 Å². The summed E-state index contributed by atoms with van der Waals surface area (Å²) in [5, 5.41) is 21.1. The number of nitrogens with zero attached hydrogens (tertiary/aromatic N) is 1. The lowest BCUT2D eigenvalue weighted by atomic mass is 9.53. The molecule has 0 radical (unpaired) electrons. The zero-order chi connectivity index (χ0) is 18.9. The standard InChI is InChI=1S/C24H25NO3/c26-19-8-6-16-14-18-17-7-9-20(27)23-24(17,21(16)22(19)28-23)11-13-25(18)12-10-15-4-2-1-3-5-15/h1-9,17-18,20,23,26-27H,10-14H2. The Labute approximate surface area is 165 Å². The van der Waals surface area contributed by atoms with Crippen molar-refractivity contribution in [2.45, 2.75) is 42.9 Å². The van der Waals surface area contributed by atoms with Gasteiger partial charge in [0.1, 0.15) is 12.2 Å². The Morgan fingerprint density at radius 2 is 1.96 bits per heavy atom. The zero-order valence-electron chi connectivity index (χ0n) is 15.8. The molecule has 0 saturated carbocycles. The Morgan fingerprint density at radius 1 is 1.11 bits per heavy atom. The average Bonchev–Trinajstić information content (AvgIpc) is 3.07. The largest absolute Gasteiger partial charge is 0.504 e. The van der Waals surface area contributed by atoms with Crippen LogP contribution in [0.15, 0.2) is 54.6 Å². The van der Waals surface area contributed by atoms with Crippen LogP contribution in [0.2, 0.25) is 0 Å². The van der Waals surface area contributed by atoms with Crippen LogP contribution in [0, 0.1) is 5.92 Å². The molecule has 2 heterocycles. The SMILES string of the molecule is Oc1ccc2c3c1OC1C(O)C=CC4C(C2)N(CCc2ccccc2)CCC341. The van der Waals surface area contributed by atoms with Crippen molar-refractivity contribution in [2.75, 3.05) is 13.1 Å². The third-order valence-corrected chi connectivity index (χ3v) is 7.52. The van der Waals surface area contributed by atoms with Gasteiger partial charge < -0.3 is 14.9 Å². The van der Waals surface area contributed by atoms with Crippen LogP contribution < -0.4 is 4.74 Å². The van der Waals surface area contributed by atoms with E-state index < -0.39 is 6.10 Å². The number of phenolic OH excluding ortho intramolecular Hbond substituents is 1. The van der Waals surface area contributed by atoms with Crippen LogP contribution >= 0.6 is 0 Å². The molecule has 2 aliphatic carbocycles. The first-order chi connectivity index (χ1) is 13.7. The van der Waals surface area contributed by atoms with Gasteiger partial charge in [0.15, 0.2) is 11.5 Å². The lowest BCUT2D eigenvalue weighted by Crippen LogP contribution is -2.65. The number of aliphatic hydroxyl groups is 1. The summed E-state index contributed by atoms with van der Waals surface area (Å²) in [7, 11) is 0. The van der Waals surface area contributed by atoms with Crippen molar-refractivity contribution in [1.82, 2.24) is 4.90 Å². The number of rotatable bonds is 3. The van der Waals surface area contributed by atoms with Crippen LogP contribution in [0.25, 0.3) is 0 Å². The molecule has 2 aliphatic heterocycles. The quantitative estimate of drug-likeness (QED) is 0.810. The Kier molecular flexibility index (Phi) is 3.48. The van der Waals surface area contributed by atoms with Crippen molar-refractivity contribution in [3.8, 4) is 11.5 Å². The molecule has 2 bridgehead atoms. The first-order valence-corrected chi connectivity index (χ1v) is 10.3. The number of hydrogen-bond donors (Lipinski definition) is 2. The molecule has 2 N–H and O–H groups in total. The predicted octanol–water partition coefficient (Wildman–Crippen LogP) is 2.81. The van der Waals surface area contributed by atoms with Gasteiger partial charge in [-0.3, -0.25) is 4.90 Å². The molecule has 5 unspecified atom stereocenters. The summed E-state index contributed by atoms with van der Waals surface area (Å²) in [6.45, 7) is 2.05. The molecule has 144 valence electrons. The second-order valence-corrected chi connectivity index (χ2v) is 8.72. The Morgan fingerprint density at radius 3 is 2.82 bits per heavy atom. The van der Waals surface area contributed by atoms with E-state index in [2.05, 4.69) is 47.4 Å². The highest BCUT2D eigenvalue weighted by Crippen LogP contribution is 2.62. The minimum absolute atomic E-state index is 0.205. The van der Waals surface area contributed by atoms with Gasteiger partial charge in [-0.05, 0) is 43.0 Å². The molecule has 0 amide bonds. The van der Waals surface area contributed by atoms with Gasteiger partial charge in [-0.15, -0.1) is 0 Å². The van der Waals surface area contributed by atoms with Crippen molar-refractivity contribution in [2.24, 2.45) is 5.92 Å². The van der Waals surface area contributed by atoms with Gasteiger partial charge in [-0.25, -0.2) is 0 Å².